The van der Waals surface area contributed by atoms with Crippen LogP contribution in [-0.2, 0) is 23.8 Å². The average Bonchev–Trinajstić information content (AvgIpc) is 3.57. The van der Waals surface area contributed by atoms with Gasteiger partial charge in [0, 0.05) is 57.4 Å². The number of amides is 1. The molecule has 3 N–H and O–H groups in total. The summed E-state index contributed by atoms with van der Waals surface area (Å²) in [6, 6.07) is 12.6. The summed E-state index contributed by atoms with van der Waals surface area (Å²) in [4.78, 5) is 24.4. The second-order valence-corrected chi connectivity index (χ2v) is 11.1. The number of amidine groups is 1. The largest absolute Gasteiger partial charge is 0.490 e. The van der Waals surface area contributed by atoms with Gasteiger partial charge in [-0.1, -0.05) is 6.07 Å². The number of aromatic nitrogens is 1. The molecule has 2 aliphatic heterocycles. The van der Waals surface area contributed by atoms with Crippen LogP contribution in [0, 0.1) is 5.92 Å². The summed E-state index contributed by atoms with van der Waals surface area (Å²) in [6.07, 6.45) is -1.17. The molecule has 9 nitrogen and oxygen atoms in total. The Morgan fingerprint density at radius 3 is 2.66 bits per heavy atom. The molecule has 232 valence electrons. The number of carbonyl (C=O) groups excluding carboxylic acids is 1. The zero-order valence-electron chi connectivity index (χ0n) is 24.3. The Balaban J connectivity index is 1.13. The van der Waals surface area contributed by atoms with Crippen LogP contribution < -0.4 is 25.4 Å². The van der Waals surface area contributed by atoms with E-state index in [9.17, 15) is 18.0 Å². The van der Waals surface area contributed by atoms with E-state index in [0.29, 0.717) is 56.2 Å². The van der Waals surface area contributed by atoms with E-state index in [1.54, 1.807) is 12.3 Å². The molecule has 12 heteroatoms. The van der Waals surface area contributed by atoms with Gasteiger partial charge in [0.15, 0.2) is 0 Å². The van der Waals surface area contributed by atoms with E-state index >= 15 is 0 Å². The number of alkyl halides is 3. The van der Waals surface area contributed by atoms with Crippen LogP contribution in [0.25, 0.3) is 0 Å². The molecule has 6 rings (SSSR count). The summed E-state index contributed by atoms with van der Waals surface area (Å²) in [6.45, 7) is 5.97. The van der Waals surface area contributed by atoms with E-state index in [4.69, 9.17) is 9.47 Å². The lowest BCUT2D eigenvalue weighted by atomic mass is 9.83. The van der Waals surface area contributed by atoms with E-state index in [-0.39, 0.29) is 17.3 Å². The summed E-state index contributed by atoms with van der Waals surface area (Å²) in [7, 11) is 0. The summed E-state index contributed by atoms with van der Waals surface area (Å²) in [5.74, 6) is 1.45. The molecule has 2 aromatic carbocycles. The molecule has 3 heterocycles. The molecular formula is C32H35F3N6O3. The molecule has 1 aromatic heterocycles. The number of fused-ring (bicyclic) bond motifs is 1. The van der Waals surface area contributed by atoms with Gasteiger partial charge in [-0.25, -0.2) is 0 Å². The Hall–Kier alpha value is -4.16. The molecule has 3 aromatic rings. The lowest BCUT2D eigenvalue weighted by molar-refractivity contribution is -0.137. The van der Waals surface area contributed by atoms with E-state index in [1.807, 2.05) is 24.3 Å². The second kappa shape index (κ2) is 13.2. The van der Waals surface area contributed by atoms with Gasteiger partial charge < -0.3 is 25.4 Å². The number of aryl methyl sites for hydroxylation is 1. The minimum absolute atomic E-state index is 0.0304. The molecule has 44 heavy (non-hydrogen) atoms. The highest BCUT2D eigenvalue weighted by Crippen LogP contribution is 2.36. The van der Waals surface area contributed by atoms with Crippen molar-refractivity contribution in [1.82, 2.24) is 20.5 Å². The first-order chi connectivity index (χ1) is 21.3. The van der Waals surface area contributed by atoms with Crippen LogP contribution in [0.3, 0.4) is 0 Å². The van der Waals surface area contributed by atoms with Gasteiger partial charge >= 0.3 is 6.18 Å². The van der Waals surface area contributed by atoms with Crippen molar-refractivity contribution in [1.29, 1.82) is 0 Å². The first-order valence-electron chi connectivity index (χ1n) is 14.9. The number of hydrogen-bond acceptors (Lipinski definition) is 8. The maximum Gasteiger partial charge on any atom is 0.416 e. The number of carbonyl (C=O) groups is 1. The number of hydrogen-bond donors (Lipinski definition) is 3. The lowest BCUT2D eigenvalue weighted by Gasteiger charge is -2.27. The molecular weight excluding hydrogens is 573 g/mol. The summed E-state index contributed by atoms with van der Waals surface area (Å²) >= 11 is 0. The minimum atomic E-state index is -4.55. The maximum atomic E-state index is 13.6. The smallest absolute Gasteiger partial charge is 0.416 e. The first kappa shape index (κ1) is 29.9. The molecule has 0 spiro atoms. The number of aliphatic imine (C=N–C) groups is 1. The molecule has 1 unspecified atom stereocenters. The quantitative estimate of drug-likeness (QED) is 0.334. The molecule has 1 aliphatic carbocycles. The fourth-order valence-electron chi connectivity index (χ4n) is 5.71. The first-order valence-corrected chi connectivity index (χ1v) is 14.9. The predicted octanol–water partition coefficient (Wildman–Crippen LogP) is 4.27. The number of rotatable bonds is 9. The number of nitrogens with one attached hydrogen (secondary N) is 3. The third kappa shape index (κ3) is 7.31. The highest BCUT2D eigenvalue weighted by atomic mass is 19.4. The SMILES string of the molecule is O=C(Nc1cc(C(F)(F)F)ccc1OCCN1CCNCC1)C1CCc2ccc(Oc3ccnc(C4=NCCN4)c3)cc2C1. The monoisotopic (exact) mass is 608 g/mol. The lowest BCUT2D eigenvalue weighted by Crippen LogP contribution is -2.44. The second-order valence-electron chi connectivity index (χ2n) is 11.1. The van der Waals surface area contributed by atoms with Gasteiger partial charge in [-0.05, 0) is 66.8 Å². The fourth-order valence-corrected chi connectivity index (χ4v) is 5.71. The van der Waals surface area contributed by atoms with E-state index < -0.39 is 17.7 Å². The molecule has 3 aliphatic rings. The molecule has 0 saturated carbocycles. The van der Waals surface area contributed by atoms with Crippen molar-refractivity contribution in [3.05, 3.63) is 77.1 Å². The maximum absolute atomic E-state index is 13.6. The molecule has 0 bridgehead atoms. The zero-order chi connectivity index (χ0) is 30.5. The summed E-state index contributed by atoms with van der Waals surface area (Å²) < 4.78 is 52.7. The van der Waals surface area contributed by atoms with Crippen LogP contribution in [0.1, 0.15) is 28.8 Å². The summed E-state index contributed by atoms with van der Waals surface area (Å²) in [5, 5.41) is 9.24. The van der Waals surface area contributed by atoms with Crippen molar-refractivity contribution < 1.29 is 27.4 Å². The van der Waals surface area contributed by atoms with Gasteiger partial charge in [0.1, 0.15) is 35.4 Å². The average molecular weight is 609 g/mol. The topological polar surface area (TPSA) is 100 Å². The molecule has 1 fully saturated rings. The number of anilines is 1. The molecule has 1 saturated heterocycles. The van der Waals surface area contributed by atoms with Crippen LogP contribution in [-0.4, -0.2) is 74.0 Å². The summed E-state index contributed by atoms with van der Waals surface area (Å²) in [5.41, 5.74) is 1.99. The van der Waals surface area contributed by atoms with Gasteiger partial charge in [0.2, 0.25) is 5.91 Å². The van der Waals surface area contributed by atoms with E-state index in [0.717, 1.165) is 61.8 Å². The van der Waals surface area contributed by atoms with E-state index in [2.05, 4.69) is 30.8 Å². The predicted molar refractivity (Wildman–Crippen MR) is 161 cm³/mol. The number of nitrogens with zero attached hydrogens (tertiary/aromatic N) is 3. The van der Waals surface area contributed by atoms with Gasteiger partial charge in [0.25, 0.3) is 0 Å². The Bertz CT molecular complexity index is 1520. The van der Waals surface area contributed by atoms with Crippen molar-refractivity contribution in [2.75, 3.05) is 57.7 Å². The van der Waals surface area contributed by atoms with Crippen LogP contribution in [0.4, 0.5) is 18.9 Å². The van der Waals surface area contributed by atoms with Gasteiger partial charge in [-0.15, -0.1) is 0 Å². The number of pyridine rings is 1. The van der Waals surface area contributed by atoms with Crippen molar-refractivity contribution >= 4 is 17.4 Å². The minimum Gasteiger partial charge on any atom is -0.490 e. The third-order valence-corrected chi connectivity index (χ3v) is 8.10. The zero-order valence-corrected chi connectivity index (χ0v) is 24.3. The Kier molecular flexibility index (Phi) is 8.99. The van der Waals surface area contributed by atoms with Crippen molar-refractivity contribution in [2.45, 2.75) is 25.4 Å². The number of ether oxygens (including phenoxy) is 2. The fraction of sp³-hybridized carbons (Fsp3) is 0.406. The molecule has 1 amide bonds. The van der Waals surface area contributed by atoms with Crippen LogP contribution in [0.2, 0.25) is 0 Å². The number of halogens is 3. The van der Waals surface area contributed by atoms with Crippen molar-refractivity contribution in [3.8, 4) is 17.2 Å². The number of benzene rings is 2. The number of piperazine rings is 1. The van der Waals surface area contributed by atoms with E-state index in [1.165, 1.54) is 6.07 Å². The standard InChI is InChI=1S/C32H35F3N6O3/c33-32(34,35)24-4-6-29(43-16-15-41-13-11-36-12-14-41)27(19-24)40-31(42)22-2-1-21-3-5-25(18-23(21)17-22)44-26-7-8-37-28(20-26)30-38-9-10-39-30/h3-8,18-20,22,36H,1-2,9-17H2,(H,38,39)(H,40,42). The highest BCUT2D eigenvalue weighted by molar-refractivity contribution is 5.98. The van der Waals surface area contributed by atoms with Crippen molar-refractivity contribution in [2.24, 2.45) is 10.9 Å². The molecule has 0 radical (unpaired) electrons. The van der Waals surface area contributed by atoms with Crippen LogP contribution >= 0.6 is 0 Å². The highest BCUT2D eigenvalue weighted by Gasteiger charge is 2.32. The van der Waals surface area contributed by atoms with Gasteiger partial charge in [-0.3, -0.25) is 19.7 Å². The van der Waals surface area contributed by atoms with Crippen molar-refractivity contribution in [3.63, 3.8) is 0 Å². The normalized spacial score (nSPS) is 18.6. The Morgan fingerprint density at radius 1 is 1.02 bits per heavy atom. The Morgan fingerprint density at radius 2 is 1.86 bits per heavy atom. The van der Waals surface area contributed by atoms with Gasteiger partial charge in [-0.2, -0.15) is 13.2 Å². The van der Waals surface area contributed by atoms with Crippen LogP contribution in [0.15, 0.2) is 59.7 Å². The third-order valence-electron chi connectivity index (χ3n) is 8.10. The Labute approximate surface area is 253 Å². The van der Waals surface area contributed by atoms with Gasteiger partial charge in [0.05, 0.1) is 17.8 Å². The molecule has 1 atom stereocenters. The van der Waals surface area contributed by atoms with Crippen LogP contribution in [0.5, 0.6) is 17.2 Å².